The summed E-state index contributed by atoms with van der Waals surface area (Å²) in [6.45, 7) is 0. The Balaban J connectivity index is 2.62. The second kappa shape index (κ2) is 4.61. The van der Waals surface area contributed by atoms with Crippen LogP contribution in [0, 0.1) is 5.82 Å². The molecule has 0 atom stereocenters. The molecule has 0 spiro atoms. The first-order valence-electron chi connectivity index (χ1n) is 5.94. The van der Waals surface area contributed by atoms with E-state index >= 15 is 0 Å². The van der Waals surface area contributed by atoms with Gasteiger partial charge in [-0.3, -0.25) is 0 Å². The summed E-state index contributed by atoms with van der Waals surface area (Å²) in [5, 5.41) is 8.12. The van der Waals surface area contributed by atoms with Crippen LogP contribution in [0.5, 0.6) is 0 Å². The number of benzene rings is 2. The number of H-pyrrole nitrogens is 1. The van der Waals surface area contributed by atoms with Crippen LogP contribution in [-0.4, -0.2) is 16.1 Å². The van der Waals surface area contributed by atoms with Crippen LogP contribution in [-0.2, 0) is 6.18 Å². The van der Waals surface area contributed by atoms with Crippen LogP contribution in [0.1, 0.15) is 15.9 Å². The highest BCUT2D eigenvalue weighted by atomic mass is 35.5. The second-order valence-corrected chi connectivity index (χ2v) is 5.03. The Kier molecular flexibility index (Phi) is 3.07. The zero-order valence-corrected chi connectivity index (χ0v) is 11.3. The second-order valence-electron chi connectivity index (χ2n) is 4.62. The van der Waals surface area contributed by atoms with Gasteiger partial charge in [0.15, 0.2) is 0 Å². The standard InChI is InChI=1S/C14H6ClF4NO2/c15-7-3-2-6(14(17,18)19)9-10-8(16)4-1-5(13(21)22)11(10)20-12(7)9/h1-4,20H,(H,21,22). The van der Waals surface area contributed by atoms with Gasteiger partial charge in [-0.15, -0.1) is 0 Å². The fourth-order valence-corrected chi connectivity index (χ4v) is 2.65. The molecule has 1 aromatic heterocycles. The van der Waals surface area contributed by atoms with Gasteiger partial charge in [-0.25, -0.2) is 9.18 Å². The van der Waals surface area contributed by atoms with Crippen molar-refractivity contribution < 1.29 is 27.5 Å². The summed E-state index contributed by atoms with van der Waals surface area (Å²) in [6.07, 6.45) is -4.73. The van der Waals surface area contributed by atoms with E-state index in [4.69, 9.17) is 16.7 Å². The maximum atomic E-state index is 14.1. The van der Waals surface area contributed by atoms with E-state index in [1.54, 1.807) is 0 Å². The highest BCUT2D eigenvalue weighted by molar-refractivity contribution is 6.36. The average Bonchev–Trinajstić information content (AvgIpc) is 2.79. The normalized spacial score (nSPS) is 12.2. The lowest BCUT2D eigenvalue weighted by molar-refractivity contribution is -0.136. The number of aromatic nitrogens is 1. The molecule has 0 radical (unpaired) electrons. The van der Waals surface area contributed by atoms with Crippen LogP contribution in [0.15, 0.2) is 24.3 Å². The Labute approximate surface area is 125 Å². The molecule has 0 bridgehead atoms. The minimum Gasteiger partial charge on any atom is -0.478 e. The zero-order valence-electron chi connectivity index (χ0n) is 10.6. The van der Waals surface area contributed by atoms with Crippen LogP contribution in [0.3, 0.4) is 0 Å². The summed E-state index contributed by atoms with van der Waals surface area (Å²) < 4.78 is 53.5. The molecule has 0 aliphatic carbocycles. The number of hydrogen-bond donors (Lipinski definition) is 2. The third-order valence-corrected chi connectivity index (χ3v) is 3.66. The average molecular weight is 332 g/mol. The van der Waals surface area contributed by atoms with E-state index in [-0.39, 0.29) is 21.6 Å². The van der Waals surface area contributed by atoms with Gasteiger partial charge in [0.1, 0.15) is 5.82 Å². The molecule has 0 fully saturated rings. The minimum absolute atomic E-state index is 0.0602. The number of carbonyl (C=O) groups is 1. The van der Waals surface area contributed by atoms with Gasteiger partial charge in [0.25, 0.3) is 0 Å². The molecule has 0 unspecified atom stereocenters. The van der Waals surface area contributed by atoms with Crippen molar-refractivity contribution in [3.63, 3.8) is 0 Å². The number of nitrogens with one attached hydrogen (secondary N) is 1. The van der Waals surface area contributed by atoms with E-state index in [0.29, 0.717) is 0 Å². The lowest BCUT2D eigenvalue weighted by Gasteiger charge is -2.09. The summed E-state index contributed by atoms with van der Waals surface area (Å²) in [6, 6.07) is 3.57. The molecule has 114 valence electrons. The van der Waals surface area contributed by atoms with E-state index in [0.717, 1.165) is 24.3 Å². The van der Waals surface area contributed by atoms with E-state index in [1.165, 1.54) is 0 Å². The summed E-state index contributed by atoms with van der Waals surface area (Å²) in [4.78, 5) is 13.7. The largest absolute Gasteiger partial charge is 0.478 e. The number of fused-ring (bicyclic) bond motifs is 3. The van der Waals surface area contributed by atoms with Gasteiger partial charge in [0.2, 0.25) is 0 Å². The summed E-state index contributed by atoms with van der Waals surface area (Å²) in [5.74, 6) is -2.35. The topological polar surface area (TPSA) is 53.1 Å². The highest BCUT2D eigenvalue weighted by Crippen LogP contribution is 2.42. The Hall–Kier alpha value is -2.28. The lowest BCUT2D eigenvalue weighted by Crippen LogP contribution is -2.05. The molecule has 0 aliphatic heterocycles. The Bertz CT molecular complexity index is 930. The molecule has 2 aromatic carbocycles. The molecular formula is C14H6ClF4NO2. The highest BCUT2D eigenvalue weighted by Gasteiger charge is 2.35. The number of hydrogen-bond acceptors (Lipinski definition) is 1. The number of rotatable bonds is 1. The lowest BCUT2D eigenvalue weighted by atomic mass is 10.0. The fraction of sp³-hybridized carbons (Fsp3) is 0.0714. The fourth-order valence-electron chi connectivity index (χ4n) is 2.45. The van der Waals surface area contributed by atoms with Gasteiger partial charge >= 0.3 is 12.1 Å². The van der Waals surface area contributed by atoms with Crippen molar-refractivity contribution in [2.24, 2.45) is 0 Å². The molecule has 0 saturated carbocycles. The van der Waals surface area contributed by atoms with Crippen molar-refractivity contribution >= 4 is 39.4 Å². The molecule has 3 aromatic rings. The molecule has 3 rings (SSSR count). The Morgan fingerprint density at radius 3 is 2.36 bits per heavy atom. The Morgan fingerprint density at radius 2 is 1.77 bits per heavy atom. The maximum Gasteiger partial charge on any atom is 0.417 e. The molecule has 22 heavy (non-hydrogen) atoms. The number of alkyl halides is 3. The first kappa shape index (κ1) is 14.6. The van der Waals surface area contributed by atoms with Crippen molar-refractivity contribution in [1.29, 1.82) is 0 Å². The van der Waals surface area contributed by atoms with Crippen molar-refractivity contribution in [2.45, 2.75) is 6.18 Å². The van der Waals surface area contributed by atoms with E-state index in [2.05, 4.69) is 4.98 Å². The zero-order chi connectivity index (χ0) is 16.2. The van der Waals surface area contributed by atoms with Crippen LogP contribution < -0.4 is 0 Å². The SMILES string of the molecule is O=C(O)c1ccc(F)c2c1[nH]c1c(Cl)ccc(C(F)(F)F)c12. The van der Waals surface area contributed by atoms with Crippen molar-refractivity contribution in [3.05, 3.63) is 46.2 Å². The van der Waals surface area contributed by atoms with Gasteiger partial charge in [0, 0.05) is 10.8 Å². The first-order chi connectivity index (χ1) is 10.2. The third-order valence-electron chi connectivity index (χ3n) is 3.34. The number of aromatic amines is 1. The monoisotopic (exact) mass is 331 g/mol. The number of aromatic carboxylic acids is 1. The molecule has 2 N–H and O–H groups in total. The first-order valence-corrected chi connectivity index (χ1v) is 6.32. The molecule has 0 saturated heterocycles. The van der Waals surface area contributed by atoms with Gasteiger partial charge < -0.3 is 10.1 Å². The molecule has 3 nitrogen and oxygen atoms in total. The molecule has 8 heteroatoms. The molecule has 0 amide bonds. The number of carboxylic acid groups (broad SMARTS) is 1. The van der Waals surface area contributed by atoms with Gasteiger partial charge in [-0.1, -0.05) is 11.6 Å². The van der Waals surface area contributed by atoms with Crippen LogP contribution >= 0.6 is 11.6 Å². The number of carboxylic acids is 1. The Morgan fingerprint density at radius 1 is 1.09 bits per heavy atom. The van der Waals surface area contributed by atoms with Crippen LogP contribution in [0.25, 0.3) is 21.8 Å². The molecule has 0 aliphatic rings. The maximum absolute atomic E-state index is 14.1. The van der Waals surface area contributed by atoms with E-state index in [1.807, 2.05) is 0 Å². The van der Waals surface area contributed by atoms with Gasteiger partial charge in [-0.2, -0.15) is 13.2 Å². The predicted octanol–water partition coefficient (Wildman–Crippen LogP) is 4.83. The van der Waals surface area contributed by atoms with E-state index < -0.39 is 34.3 Å². The van der Waals surface area contributed by atoms with Crippen LogP contribution in [0.4, 0.5) is 17.6 Å². The summed E-state index contributed by atoms with van der Waals surface area (Å²) in [7, 11) is 0. The quantitative estimate of drug-likeness (QED) is 0.627. The van der Waals surface area contributed by atoms with Gasteiger partial charge in [-0.05, 0) is 24.3 Å². The molecular weight excluding hydrogens is 326 g/mol. The summed E-state index contributed by atoms with van der Waals surface area (Å²) >= 11 is 5.87. The van der Waals surface area contributed by atoms with Crippen molar-refractivity contribution in [1.82, 2.24) is 4.98 Å². The van der Waals surface area contributed by atoms with Crippen molar-refractivity contribution in [2.75, 3.05) is 0 Å². The molecule has 1 heterocycles. The minimum atomic E-state index is -4.73. The van der Waals surface area contributed by atoms with Crippen LogP contribution in [0.2, 0.25) is 5.02 Å². The third kappa shape index (κ3) is 2.00. The van der Waals surface area contributed by atoms with Crippen molar-refractivity contribution in [3.8, 4) is 0 Å². The summed E-state index contributed by atoms with van der Waals surface area (Å²) in [5.41, 5.74) is -1.81. The van der Waals surface area contributed by atoms with E-state index in [9.17, 15) is 22.4 Å². The van der Waals surface area contributed by atoms with Gasteiger partial charge in [0.05, 0.1) is 27.2 Å². The smallest absolute Gasteiger partial charge is 0.417 e. The number of halogens is 5. The predicted molar refractivity (Wildman–Crippen MR) is 72.7 cm³/mol.